The van der Waals surface area contributed by atoms with E-state index in [2.05, 4.69) is 43.6 Å². The summed E-state index contributed by atoms with van der Waals surface area (Å²) in [5, 5.41) is 13.6. The van der Waals surface area contributed by atoms with Crippen LogP contribution < -0.4 is 10.2 Å². The number of anilines is 2. The Morgan fingerprint density at radius 1 is 0.927 bits per heavy atom. The maximum absolute atomic E-state index is 13.4. The number of nitrogens with zero attached hydrogens (tertiary/aromatic N) is 5. The summed E-state index contributed by atoms with van der Waals surface area (Å²) >= 11 is 1.56. The van der Waals surface area contributed by atoms with Crippen molar-refractivity contribution >= 4 is 33.7 Å². The molecular weight excluding hydrogens is 536 g/mol. The normalized spacial score (nSPS) is 17.1. The van der Waals surface area contributed by atoms with Crippen LogP contribution in [0.5, 0.6) is 0 Å². The van der Waals surface area contributed by atoms with Gasteiger partial charge in [-0.15, -0.1) is 5.10 Å². The van der Waals surface area contributed by atoms with Gasteiger partial charge < -0.3 is 19.4 Å². The van der Waals surface area contributed by atoms with E-state index in [1.165, 1.54) is 0 Å². The van der Waals surface area contributed by atoms with Gasteiger partial charge in [0.25, 0.3) is 5.89 Å². The molecule has 1 fully saturated rings. The van der Waals surface area contributed by atoms with Crippen LogP contribution in [-0.4, -0.2) is 58.3 Å². The lowest BCUT2D eigenvalue weighted by Gasteiger charge is -2.27. The molecule has 0 spiro atoms. The highest BCUT2D eigenvalue weighted by Gasteiger charge is 2.28. The number of rotatable bonds is 6. The van der Waals surface area contributed by atoms with Gasteiger partial charge in [-0.2, -0.15) is 0 Å². The maximum atomic E-state index is 13.4. The number of thiazole rings is 1. The molecule has 9 nitrogen and oxygen atoms in total. The number of hydrogen-bond acceptors (Lipinski definition) is 10. The van der Waals surface area contributed by atoms with Gasteiger partial charge in [0.15, 0.2) is 11.5 Å². The molecule has 10 heteroatoms. The topological polar surface area (TPSA) is 106 Å². The smallest absolute Gasteiger partial charge is 0.316 e. The van der Waals surface area contributed by atoms with Crippen LogP contribution in [-0.2, 0) is 16.0 Å². The molecule has 1 aliphatic carbocycles. The van der Waals surface area contributed by atoms with E-state index < -0.39 is 6.04 Å². The third kappa shape index (κ3) is 5.15. The molecule has 1 atom stereocenters. The predicted molar refractivity (Wildman–Crippen MR) is 158 cm³/mol. The van der Waals surface area contributed by atoms with Gasteiger partial charge in [-0.05, 0) is 40.5 Å². The van der Waals surface area contributed by atoms with Crippen molar-refractivity contribution in [3.63, 3.8) is 0 Å². The number of benzene rings is 2. The molecule has 1 saturated heterocycles. The number of morpholine rings is 1. The molecule has 4 heterocycles. The van der Waals surface area contributed by atoms with Crippen LogP contribution >= 0.6 is 11.3 Å². The molecule has 41 heavy (non-hydrogen) atoms. The van der Waals surface area contributed by atoms with Gasteiger partial charge in [-0.3, -0.25) is 9.78 Å². The summed E-state index contributed by atoms with van der Waals surface area (Å²) in [7, 11) is 0. The third-order valence-corrected chi connectivity index (χ3v) is 8.33. The number of hydrogen-bond donors (Lipinski definition) is 1. The lowest BCUT2D eigenvalue weighted by molar-refractivity contribution is -0.118. The van der Waals surface area contributed by atoms with Crippen LogP contribution in [0.2, 0.25) is 0 Å². The molecule has 3 aromatic heterocycles. The zero-order valence-corrected chi connectivity index (χ0v) is 22.9. The van der Waals surface area contributed by atoms with Crippen molar-refractivity contribution in [1.82, 2.24) is 20.2 Å². The van der Waals surface area contributed by atoms with Gasteiger partial charge in [-0.1, -0.05) is 71.0 Å². The van der Waals surface area contributed by atoms with Gasteiger partial charge >= 0.3 is 6.01 Å². The Morgan fingerprint density at radius 3 is 2.56 bits per heavy atom. The van der Waals surface area contributed by atoms with E-state index in [-0.39, 0.29) is 17.7 Å². The molecule has 0 unspecified atom stereocenters. The zero-order chi connectivity index (χ0) is 27.6. The molecule has 0 bridgehead atoms. The number of aromatic nitrogens is 4. The molecule has 1 N–H and O–H groups in total. The Morgan fingerprint density at radius 2 is 1.73 bits per heavy atom. The largest absolute Gasteiger partial charge is 0.402 e. The van der Waals surface area contributed by atoms with E-state index >= 15 is 0 Å². The van der Waals surface area contributed by atoms with E-state index in [1.807, 2.05) is 54.6 Å². The summed E-state index contributed by atoms with van der Waals surface area (Å²) in [6.45, 7) is 2.76. The van der Waals surface area contributed by atoms with Gasteiger partial charge in [-0.25, -0.2) is 4.98 Å². The number of ether oxygens (including phenoxy) is 1. The second kappa shape index (κ2) is 11.1. The first-order valence-electron chi connectivity index (χ1n) is 13.5. The first-order chi connectivity index (χ1) is 20.2. The molecule has 204 valence electrons. The van der Waals surface area contributed by atoms with Crippen LogP contribution in [0, 0.1) is 0 Å². The SMILES string of the molecule is O=C1Cc2ccccc2C(c2ccccc2)=C[C@H]1Nc1nnc(-c2nc(-c3cccnc3)sc2N2CCOCC2)o1. The Kier molecular flexibility index (Phi) is 6.83. The summed E-state index contributed by atoms with van der Waals surface area (Å²) in [6.07, 6.45) is 5.78. The van der Waals surface area contributed by atoms with Gasteiger partial charge in [0.1, 0.15) is 16.1 Å². The predicted octanol–water partition coefficient (Wildman–Crippen LogP) is 5.13. The molecule has 0 amide bonds. The molecule has 5 aromatic rings. The van der Waals surface area contributed by atoms with Crippen molar-refractivity contribution in [2.24, 2.45) is 0 Å². The fraction of sp³-hybridized carbons (Fsp3) is 0.194. The minimum atomic E-state index is -0.647. The molecule has 2 aliphatic rings. The van der Waals surface area contributed by atoms with Gasteiger partial charge in [0.05, 0.1) is 13.2 Å². The van der Waals surface area contributed by atoms with Crippen molar-refractivity contribution in [1.29, 1.82) is 0 Å². The van der Waals surface area contributed by atoms with Crippen molar-refractivity contribution in [2.45, 2.75) is 12.5 Å². The molecule has 7 rings (SSSR count). The van der Waals surface area contributed by atoms with Crippen molar-refractivity contribution in [2.75, 3.05) is 36.5 Å². The highest BCUT2D eigenvalue weighted by atomic mass is 32.1. The second-order valence-corrected chi connectivity index (χ2v) is 10.8. The van der Waals surface area contributed by atoms with E-state index in [0.717, 1.165) is 50.9 Å². The lowest BCUT2D eigenvalue weighted by atomic mass is 9.94. The van der Waals surface area contributed by atoms with E-state index in [0.29, 0.717) is 25.3 Å². The number of carbonyl (C=O) groups excluding carboxylic acids is 1. The second-order valence-electron chi connectivity index (χ2n) is 9.79. The van der Waals surface area contributed by atoms with Crippen LogP contribution in [0.4, 0.5) is 11.0 Å². The van der Waals surface area contributed by atoms with Crippen LogP contribution in [0.25, 0.3) is 27.7 Å². The molecule has 0 radical (unpaired) electrons. The number of Topliss-reactive ketones (excluding diaryl/α,β-unsaturated/α-hetero) is 1. The Hall–Kier alpha value is -4.67. The summed E-state index contributed by atoms with van der Waals surface area (Å²) in [5.74, 6) is 0.307. The van der Waals surface area contributed by atoms with Gasteiger partial charge in [0.2, 0.25) is 0 Å². The zero-order valence-electron chi connectivity index (χ0n) is 22.1. The number of fused-ring (bicyclic) bond motifs is 1. The van der Waals surface area contributed by atoms with Crippen LogP contribution in [0.3, 0.4) is 0 Å². The third-order valence-electron chi connectivity index (χ3n) is 7.16. The number of nitrogens with one attached hydrogen (secondary N) is 1. The van der Waals surface area contributed by atoms with E-state index in [4.69, 9.17) is 14.1 Å². The summed E-state index contributed by atoms with van der Waals surface area (Å²) in [5.41, 5.74) is 5.58. The first-order valence-corrected chi connectivity index (χ1v) is 14.3. The highest BCUT2D eigenvalue weighted by molar-refractivity contribution is 7.19. The maximum Gasteiger partial charge on any atom is 0.316 e. The number of ketones is 1. The number of pyridine rings is 1. The minimum Gasteiger partial charge on any atom is -0.402 e. The number of carbonyl (C=O) groups is 1. The Balaban J connectivity index is 1.23. The fourth-order valence-corrected chi connectivity index (χ4v) is 6.23. The van der Waals surface area contributed by atoms with E-state index in [1.54, 1.807) is 23.7 Å². The molecule has 2 aromatic carbocycles. The Bertz CT molecular complexity index is 1710. The van der Waals surface area contributed by atoms with E-state index in [9.17, 15) is 4.79 Å². The van der Waals surface area contributed by atoms with Crippen molar-refractivity contribution < 1.29 is 13.9 Å². The molecule has 1 aliphatic heterocycles. The van der Waals surface area contributed by atoms with Gasteiger partial charge in [0, 0.05) is 37.5 Å². The highest BCUT2D eigenvalue weighted by Crippen LogP contribution is 2.40. The molecule has 0 saturated carbocycles. The van der Waals surface area contributed by atoms with Crippen LogP contribution in [0.15, 0.2) is 89.6 Å². The van der Waals surface area contributed by atoms with Crippen LogP contribution in [0.1, 0.15) is 16.7 Å². The minimum absolute atomic E-state index is 0.0182. The summed E-state index contributed by atoms with van der Waals surface area (Å²) in [6, 6.07) is 21.5. The van der Waals surface area contributed by atoms with Crippen molar-refractivity contribution in [3.05, 3.63) is 102 Å². The lowest BCUT2D eigenvalue weighted by Crippen LogP contribution is -2.35. The first kappa shape index (κ1) is 25.3. The van der Waals surface area contributed by atoms with Crippen molar-refractivity contribution in [3.8, 4) is 22.2 Å². The summed E-state index contributed by atoms with van der Waals surface area (Å²) < 4.78 is 11.7. The average Bonchev–Trinajstić information content (AvgIpc) is 3.65. The monoisotopic (exact) mass is 562 g/mol. The quantitative estimate of drug-likeness (QED) is 0.301. The summed E-state index contributed by atoms with van der Waals surface area (Å²) in [4.78, 5) is 24.8. The average molecular weight is 563 g/mol. The molecular formula is C31H26N6O3S. The fourth-order valence-electron chi connectivity index (χ4n) is 5.13. The standard InChI is InChI=1S/C31H26N6O3S/c38-26-17-21-9-4-5-11-23(21)24(20-7-2-1-3-8-20)18-25(26)33-31-36-35-28(40-31)27-30(37-13-15-39-16-14-37)41-29(34-27)22-10-6-12-32-19-22/h1-12,18-19,25H,13-17H2,(H,33,36)/t25-/m1/s1. The Labute approximate surface area is 240 Å².